The Balaban J connectivity index is 1.97. The van der Waals surface area contributed by atoms with Gasteiger partial charge in [-0.3, -0.25) is 0 Å². The fraction of sp³-hybridized carbons (Fsp3) is 0.118. The third kappa shape index (κ3) is 4.84. The fourth-order valence-corrected chi connectivity index (χ4v) is 1.76. The molecule has 0 aliphatic heterocycles. The second-order valence-corrected chi connectivity index (χ2v) is 4.82. The molecule has 0 spiro atoms. The molecule has 0 radical (unpaired) electrons. The highest BCUT2D eigenvalue weighted by Crippen LogP contribution is 2.23. The average molecular weight is 324 g/mol. The summed E-state index contributed by atoms with van der Waals surface area (Å²) in [6.45, 7) is 3.47. The number of hydrogen-bond donors (Lipinski definition) is 0. The summed E-state index contributed by atoms with van der Waals surface area (Å²) < 4.78 is 4.96. The van der Waals surface area contributed by atoms with Crippen LogP contribution in [0.1, 0.15) is 0 Å². The molecule has 0 N–H and O–H groups in total. The molecule has 24 heavy (non-hydrogen) atoms. The number of esters is 1. The number of azo groups is 1. The molecule has 0 aliphatic carbocycles. The quantitative estimate of drug-likeness (QED) is 0.244. The van der Waals surface area contributed by atoms with Crippen molar-refractivity contribution in [1.82, 2.24) is 0 Å². The fourth-order valence-electron chi connectivity index (χ4n) is 1.76. The van der Waals surface area contributed by atoms with Crippen molar-refractivity contribution in [1.29, 1.82) is 0 Å². The third-order valence-corrected chi connectivity index (χ3v) is 3.09. The van der Waals surface area contributed by atoms with Crippen molar-refractivity contribution < 1.29 is 9.53 Å². The molecule has 0 bridgehead atoms. The highest BCUT2D eigenvalue weighted by Gasteiger charge is 2.03. The van der Waals surface area contributed by atoms with Crippen LogP contribution in [0.15, 0.2) is 76.6 Å². The van der Waals surface area contributed by atoms with Crippen LogP contribution in [0.2, 0.25) is 0 Å². The van der Waals surface area contributed by atoms with Crippen molar-refractivity contribution in [3.8, 4) is 0 Å². The van der Waals surface area contributed by atoms with Gasteiger partial charge in [-0.15, -0.1) is 4.91 Å². The summed E-state index contributed by atoms with van der Waals surface area (Å²) in [6, 6.07) is 13.8. The van der Waals surface area contributed by atoms with Crippen LogP contribution in [-0.4, -0.2) is 19.7 Å². The van der Waals surface area contributed by atoms with E-state index in [1.165, 1.54) is 0 Å². The molecule has 2 rings (SSSR count). The Bertz CT molecular complexity index is 739. The van der Waals surface area contributed by atoms with Crippen LogP contribution in [0.25, 0.3) is 0 Å². The van der Waals surface area contributed by atoms with Crippen molar-refractivity contribution >= 4 is 28.7 Å². The van der Waals surface area contributed by atoms with Gasteiger partial charge in [-0.25, -0.2) is 4.79 Å². The molecular formula is C17H16N4O3. The Hall–Kier alpha value is -3.35. The number of rotatable bonds is 7. The van der Waals surface area contributed by atoms with Crippen molar-refractivity contribution in [3.05, 3.63) is 66.1 Å². The smallest absolute Gasteiger partial charge is 0.331 e. The van der Waals surface area contributed by atoms with E-state index in [1.54, 1.807) is 48.3 Å². The molecule has 0 fully saturated rings. The number of nitrogens with zero attached hydrogens (tertiary/aromatic N) is 4. The summed E-state index contributed by atoms with van der Waals surface area (Å²) in [6.07, 6.45) is 1.12. The molecule has 7 heteroatoms. The third-order valence-electron chi connectivity index (χ3n) is 3.09. The predicted molar refractivity (Wildman–Crippen MR) is 92.1 cm³/mol. The zero-order valence-corrected chi connectivity index (χ0v) is 13.1. The minimum Gasteiger partial charge on any atom is -0.441 e. The van der Waals surface area contributed by atoms with Gasteiger partial charge < -0.3 is 9.64 Å². The summed E-state index contributed by atoms with van der Waals surface area (Å²) in [7, 11) is 1.80. The molecular weight excluding hydrogens is 308 g/mol. The first-order valence-electron chi connectivity index (χ1n) is 7.08. The molecule has 0 heterocycles. The van der Waals surface area contributed by atoms with Gasteiger partial charge in [-0.2, -0.15) is 10.2 Å². The minimum absolute atomic E-state index is 0.128. The van der Waals surface area contributed by atoms with Crippen LogP contribution in [0, 0.1) is 4.91 Å². The number of benzene rings is 2. The minimum atomic E-state index is -0.469. The number of carbonyl (C=O) groups is 1. The van der Waals surface area contributed by atoms with E-state index < -0.39 is 5.97 Å². The van der Waals surface area contributed by atoms with Gasteiger partial charge in [0.25, 0.3) is 0 Å². The van der Waals surface area contributed by atoms with Crippen LogP contribution in [0.4, 0.5) is 22.7 Å². The largest absolute Gasteiger partial charge is 0.441 e. The summed E-state index contributed by atoms with van der Waals surface area (Å²) >= 11 is 0. The second-order valence-electron chi connectivity index (χ2n) is 4.82. The maximum atomic E-state index is 11.0. The standard InChI is InChI=1S/C17H16N4O3/c1-3-17(22)24-12-21(2)16-10-8-14(9-11-16)19-18-13-4-6-15(20-23)7-5-13/h3-11H,1,12H2,2H3. The zero-order valence-electron chi connectivity index (χ0n) is 13.1. The van der Waals surface area contributed by atoms with E-state index in [1.807, 2.05) is 12.1 Å². The highest BCUT2D eigenvalue weighted by molar-refractivity contribution is 5.81. The van der Waals surface area contributed by atoms with Crippen molar-refractivity contribution in [2.45, 2.75) is 0 Å². The molecule has 0 aliphatic rings. The Kier molecular flexibility index (Phi) is 5.90. The highest BCUT2D eigenvalue weighted by atomic mass is 16.5. The molecule has 0 aromatic heterocycles. The maximum absolute atomic E-state index is 11.0. The van der Waals surface area contributed by atoms with Gasteiger partial charge in [-0.1, -0.05) is 6.58 Å². The maximum Gasteiger partial charge on any atom is 0.331 e. The van der Waals surface area contributed by atoms with Crippen LogP contribution in [-0.2, 0) is 9.53 Å². The van der Waals surface area contributed by atoms with Gasteiger partial charge in [0.1, 0.15) is 5.69 Å². The van der Waals surface area contributed by atoms with Crippen LogP contribution in [0.5, 0.6) is 0 Å². The molecule has 0 atom stereocenters. The van der Waals surface area contributed by atoms with Gasteiger partial charge in [0, 0.05) is 18.8 Å². The first-order valence-corrected chi connectivity index (χ1v) is 7.08. The Morgan fingerprint density at radius 3 is 2.04 bits per heavy atom. The first kappa shape index (κ1) is 17.0. The van der Waals surface area contributed by atoms with E-state index in [9.17, 15) is 9.70 Å². The average Bonchev–Trinajstić information content (AvgIpc) is 2.64. The molecule has 0 saturated heterocycles. The van der Waals surface area contributed by atoms with Crippen LogP contribution < -0.4 is 4.90 Å². The lowest BCUT2D eigenvalue weighted by molar-refractivity contribution is -0.137. The SMILES string of the molecule is C=CC(=O)OCN(C)c1ccc(N=Nc2ccc(N=O)cc2)cc1. The van der Waals surface area contributed by atoms with E-state index >= 15 is 0 Å². The summed E-state index contributed by atoms with van der Waals surface area (Å²) in [5.41, 5.74) is 2.51. The molecule has 122 valence electrons. The molecule has 0 unspecified atom stereocenters. The topological polar surface area (TPSA) is 83.7 Å². The zero-order chi connectivity index (χ0) is 17.4. The van der Waals surface area contributed by atoms with Crippen molar-refractivity contribution in [2.24, 2.45) is 15.4 Å². The summed E-state index contributed by atoms with van der Waals surface area (Å²) in [5, 5.41) is 11.0. The molecule has 7 nitrogen and oxygen atoms in total. The molecule has 0 saturated carbocycles. The second kappa shape index (κ2) is 8.33. The lowest BCUT2D eigenvalue weighted by Gasteiger charge is -2.18. The first-order chi connectivity index (χ1) is 11.6. The number of nitroso groups, excluding NO2 is 1. The lowest BCUT2D eigenvalue weighted by Crippen LogP contribution is -2.22. The Morgan fingerprint density at radius 2 is 1.54 bits per heavy atom. The van der Waals surface area contributed by atoms with Crippen LogP contribution >= 0.6 is 0 Å². The Morgan fingerprint density at radius 1 is 1.04 bits per heavy atom. The van der Waals surface area contributed by atoms with E-state index in [0.29, 0.717) is 17.1 Å². The molecule has 0 amide bonds. The molecule has 2 aromatic rings. The van der Waals surface area contributed by atoms with Crippen molar-refractivity contribution in [3.63, 3.8) is 0 Å². The number of anilines is 1. The number of ether oxygens (including phenoxy) is 1. The van der Waals surface area contributed by atoms with Crippen molar-refractivity contribution in [2.75, 3.05) is 18.7 Å². The monoisotopic (exact) mass is 324 g/mol. The van der Waals surface area contributed by atoms with E-state index in [-0.39, 0.29) is 6.73 Å². The van der Waals surface area contributed by atoms with E-state index in [0.717, 1.165) is 11.8 Å². The number of carbonyl (C=O) groups excluding carboxylic acids is 1. The summed E-state index contributed by atoms with van der Waals surface area (Å²) in [5.74, 6) is -0.469. The van der Waals surface area contributed by atoms with E-state index in [4.69, 9.17) is 4.74 Å². The Labute approximate surface area is 139 Å². The summed E-state index contributed by atoms with van der Waals surface area (Å²) in [4.78, 5) is 23.2. The normalized spacial score (nSPS) is 10.4. The van der Waals surface area contributed by atoms with Gasteiger partial charge in [0.2, 0.25) is 0 Å². The van der Waals surface area contributed by atoms with Gasteiger partial charge in [-0.05, 0) is 53.7 Å². The predicted octanol–water partition coefficient (Wildman–Crippen LogP) is 4.62. The molecule has 2 aromatic carbocycles. The van der Waals surface area contributed by atoms with Gasteiger partial charge in [0.15, 0.2) is 6.73 Å². The lowest BCUT2D eigenvalue weighted by atomic mass is 10.3. The van der Waals surface area contributed by atoms with Gasteiger partial charge in [0.05, 0.1) is 11.4 Å². The van der Waals surface area contributed by atoms with Crippen LogP contribution in [0.3, 0.4) is 0 Å². The van der Waals surface area contributed by atoms with Gasteiger partial charge >= 0.3 is 5.97 Å². The van der Waals surface area contributed by atoms with E-state index in [2.05, 4.69) is 22.0 Å². The number of hydrogen-bond acceptors (Lipinski definition) is 7.